The summed E-state index contributed by atoms with van der Waals surface area (Å²) in [6.45, 7) is 0. The molecule has 0 aliphatic rings. The number of benzene rings is 1. The monoisotopic (exact) mass is 211 g/mol. The zero-order chi connectivity index (χ0) is 10.1. The molecule has 0 spiro atoms. The van der Waals surface area contributed by atoms with E-state index < -0.39 is 5.97 Å². The van der Waals surface area contributed by atoms with Crippen LogP contribution >= 0.6 is 11.5 Å². The number of hydrogen-bond acceptors (Lipinski definition) is 5. The van der Waals surface area contributed by atoms with E-state index in [1.807, 2.05) is 0 Å². The highest BCUT2D eigenvalue weighted by Gasteiger charge is 2.09. The fourth-order valence-corrected chi connectivity index (χ4v) is 1.90. The fourth-order valence-electron chi connectivity index (χ4n) is 1.13. The minimum Gasteiger partial charge on any atom is -0.296 e. The topological polar surface area (TPSA) is 79.4 Å². The van der Waals surface area contributed by atoms with Gasteiger partial charge in [0.15, 0.2) is 0 Å². The molecule has 0 saturated carbocycles. The average Bonchev–Trinajstić information content (AvgIpc) is 2.59. The lowest BCUT2D eigenvalue weighted by Crippen LogP contribution is -2.01. The van der Waals surface area contributed by atoms with E-state index in [0.29, 0.717) is 10.1 Å². The first-order valence-electron chi connectivity index (χ1n) is 3.69. The molecule has 1 aromatic carbocycles. The van der Waals surface area contributed by atoms with E-state index in [1.165, 1.54) is 18.2 Å². The van der Waals surface area contributed by atoms with Gasteiger partial charge in [-0.2, -0.15) is 5.26 Å². The van der Waals surface area contributed by atoms with Gasteiger partial charge in [-0.15, -0.1) is 0 Å². The Morgan fingerprint density at radius 2 is 2.29 bits per heavy atom. The van der Waals surface area contributed by atoms with Crippen molar-refractivity contribution in [2.75, 3.05) is 0 Å². The average molecular weight is 211 g/mol. The molecular weight excluding hydrogens is 206 g/mol. The highest BCUT2D eigenvalue weighted by molar-refractivity contribution is 7.13. The summed E-state index contributed by atoms with van der Waals surface area (Å²) >= 11 is 1.13. The van der Waals surface area contributed by atoms with Crippen LogP contribution in [-0.2, 0) is 4.89 Å². The van der Waals surface area contributed by atoms with Crippen LogP contribution in [0.25, 0.3) is 10.1 Å². The van der Waals surface area contributed by atoms with Gasteiger partial charge in [-0.25, -0.2) is 4.79 Å². The summed E-state index contributed by atoms with van der Waals surface area (Å²) in [6.07, 6.45) is 0. The van der Waals surface area contributed by atoms with Crippen LogP contribution in [-0.4, -0.2) is 15.6 Å². The summed E-state index contributed by atoms with van der Waals surface area (Å²) < 4.78 is 3.18. The Bertz CT molecular complexity index is 542. The van der Waals surface area contributed by atoms with Gasteiger partial charge in [-0.1, -0.05) is 11.5 Å². The SMILES string of the molecule is O=C(OO)c1ccc2c(=O)[nH]sc2c1. The van der Waals surface area contributed by atoms with Gasteiger partial charge >= 0.3 is 5.97 Å². The van der Waals surface area contributed by atoms with Gasteiger partial charge < -0.3 is 0 Å². The molecule has 0 atom stereocenters. The molecule has 14 heavy (non-hydrogen) atoms. The molecule has 1 aromatic heterocycles. The van der Waals surface area contributed by atoms with Gasteiger partial charge in [0.05, 0.1) is 15.6 Å². The number of H-pyrrole nitrogens is 1. The maximum absolute atomic E-state index is 11.1. The highest BCUT2D eigenvalue weighted by atomic mass is 32.1. The number of carbonyl (C=O) groups excluding carboxylic acids is 1. The number of aromatic nitrogens is 1. The minimum atomic E-state index is -0.840. The Balaban J connectivity index is 2.63. The van der Waals surface area contributed by atoms with Crippen LogP contribution in [0.5, 0.6) is 0 Å². The number of carbonyl (C=O) groups is 1. The predicted molar refractivity (Wildman–Crippen MR) is 50.5 cm³/mol. The van der Waals surface area contributed by atoms with E-state index >= 15 is 0 Å². The Kier molecular flexibility index (Phi) is 2.06. The second-order valence-electron chi connectivity index (χ2n) is 2.62. The van der Waals surface area contributed by atoms with Crippen molar-refractivity contribution in [3.05, 3.63) is 34.1 Å². The molecule has 0 saturated heterocycles. The summed E-state index contributed by atoms with van der Waals surface area (Å²) in [6, 6.07) is 4.41. The molecule has 6 heteroatoms. The molecule has 72 valence electrons. The molecule has 2 N–H and O–H groups in total. The van der Waals surface area contributed by atoms with Crippen molar-refractivity contribution in [2.45, 2.75) is 0 Å². The molecule has 1 heterocycles. The molecule has 5 nitrogen and oxygen atoms in total. The first-order chi connectivity index (χ1) is 6.72. The van der Waals surface area contributed by atoms with Crippen LogP contribution in [0, 0.1) is 0 Å². The summed E-state index contributed by atoms with van der Waals surface area (Å²) in [5.74, 6) is -0.840. The van der Waals surface area contributed by atoms with Crippen LogP contribution in [0.4, 0.5) is 0 Å². The fraction of sp³-hybridized carbons (Fsp3) is 0. The third kappa shape index (κ3) is 1.30. The van der Waals surface area contributed by atoms with E-state index in [4.69, 9.17) is 5.26 Å². The van der Waals surface area contributed by atoms with Crippen molar-refractivity contribution in [3.63, 3.8) is 0 Å². The van der Waals surface area contributed by atoms with Gasteiger partial charge in [-0.3, -0.25) is 14.1 Å². The summed E-state index contributed by atoms with van der Waals surface area (Å²) in [5, 5.41) is 8.67. The number of rotatable bonds is 1. The molecule has 0 aliphatic carbocycles. The van der Waals surface area contributed by atoms with Crippen LogP contribution in [0.2, 0.25) is 0 Å². The minimum absolute atomic E-state index is 0.186. The molecule has 2 aromatic rings. The second-order valence-corrected chi connectivity index (χ2v) is 3.47. The molecule has 0 bridgehead atoms. The summed E-state index contributed by atoms with van der Waals surface area (Å²) in [4.78, 5) is 25.6. The normalized spacial score (nSPS) is 10.4. The summed E-state index contributed by atoms with van der Waals surface area (Å²) in [5.41, 5.74) is 0.0177. The maximum Gasteiger partial charge on any atom is 0.372 e. The Labute approximate surface area is 81.6 Å². The molecule has 0 fully saturated rings. The molecule has 0 aliphatic heterocycles. The molecular formula is C8H5NO4S. The van der Waals surface area contributed by atoms with E-state index in [2.05, 4.69) is 9.26 Å². The van der Waals surface area contributed by atoms with Gasteiger partial charge in [0.1, 0.15) is 0 Å². The Hall–Kier alpha value is -1.66. The Morgan fingerprint density at radius 3 is 3.00 bits per heavy atom. The smallest absolute Gasteiger partial charge is 0.296 e. The standard InChI is InChI=1S/C8H5NO4S/c10-7-5-2-1-4(8(11)13-12)3-6(5)14-9-7/h1-3,12H,(H,9,10). The Morgan fingerprint density at radius 1 is 1.50 bits per heavy atom. The quantitative estimate of drug-likeness (QED) is 0.549. The van der Waals surface area contributed by atoms with Gasteiger partial charge in [0, 0.05) is 0 Å². The number of fused-ring (bicyclic) bond motifs is 1. The van der Waals surface area contributed by atoms with Gasteiger partial charge in [-0.05, 0) is 18.2 Å². The van der Waals surface area contributed by atoms with Crippen molar-refractivity contribution in [2.24, 2.45) is 0 Å². The lowest BCUT2D eigenvalue weighted by molar-refractivity contribution is -0.182. The third-order valence-electron chi connectivity index (χ3n) is 1.80. The lowest BCUT2D eigenvalue weighted by atomic mass is 10.2. The van der Waals surface area contributed by atoms with Crippen molar-refractivity contribution in [3.8, 4) is 0 Å². The van der Waals surface area contributed by atoms with Crippen molar-refractivity contribution in [1.82, 2.24) is 4.37 Å². The van der Waals surface area contributed by atoms with E-state index in [9.17, 15) is 9.59 Å². The van der Waals surface area contributed by atoms with Crippen molar-refractivity contribution >= 4 is 27.6 Å². The van der Waals surface area contributed by atoms with Gasteiger partial charge in [0.2, 0.25) is 0 Å². The first-order valence-corrected chi connectivity index (χ1v) is 4.51. The summed E-state index contributed by atoms with van der Waals surface area (Å²) in [7, 11) is 0. The van der Waals surface area contributed by atoms with Crippen LogP contribution in [0.15, 0.2) is 23.0 Å². The van der Waals surface area contributed by atoms with E-state index in [-0.39, 0.29) is 11.1 Å². The number of hydrogen-bond donors (Lipinski definition) is 2. The molecule has 0 amide bonds. The van der Waals surface area contributed by atoms with Crippen molar-refractivity contribution < 1.29 is 14.9 Å². The number of nitrogens with one attached hydrogen (secondary N) is 1. The van der Waals surface area contributed by atoms with Crippen molar-refractivity contribution in [1.29, 1.82) is 0 Å². The van der Waals surface area contributed by atoms with Crippen LogP contribution in [0.1, 0.15) is 10.4 Å². The first kappa shape index (κ1) is 8.92. The zero-order valence-electron chi connectivity index (χ0n) is 6.81. The number of aromatic amines is 1. The zero-order valence-corrected chi connectivity index (χ0v) is 7.63. The highest BCUT2D eigenvalue weighted by Crippen LogP contribution is 2.16. The lowest BCUT2D eigenvalue weighted by Gasteiger charge is -1.94. The maximum atomic E-state index is 11.1. The van der Waals surface area contributed by atoms with Crippen LogP contribution in [0.3, 0.4) is 0 Å². The largest absolute Gasteiger partial charge is 0.372 e. The molecule has 0 unspecified atom stereocenters. The third-order valence-corrected chi connectivity index (χ3v) is 2.64. The second kappa shape index (κ2) is 3.24. The molecule has 2 rings (SSSR count). The predicted octanol–water partition coefficient (Wildman–Crippen LogP) is 1.22. The molecule has 0 radical (unpaired) electrons. The van der Waals surface area contributed by atoms with Crippen LogP contribution < -0.4 is 5.56 Å². The van der Waals surface area contributed by atoms with E-state index in [1.54, 1.807) is 0 Å². The van der Waals surface area contributed by atoms with Gasteiger partial charge in [0.25, 0.3) is 5.56 Å². The van der Waals surface area contributed by atoms with E-state index in [0.717, 1.165) is 11.5 Å².